The number of imide groups is 1. The van der Waals surface area contributed by atoms with Gasteiger partial charge in [0.05, 0.1) is 14.2 Å². The summed E-state index contributed by atoms with van der Waals surface area (Å²) < 4.78 is 11.0. The summed E-state index contributed by atoms with van der Waals surface area (Å²) in [6.07, 6.45) is 2.94. The first-order valence-electron chi connectivity index (χ1n) is 8.38. The molecule has 1 aliphatic carbocycles. The van der Waals surface area contributed by atoms with Crippen LogP contribution in [0.25, 0.3) is 0 Å². The first-order valence-corrected chi connectivity index (χ1v) is 8.38. The zero-order chi connectivity index (χ0) is 19.3. The Labute approximate surface area is 156 Å². The molecule has 0 N–H and O–H groups in total. The monoisotopic (exact) mass is 363 g/mol. The summed E-state index contributed by atoms with van der Waals surface area (Å²) >= 11 is 0. The molecule has 1 aliphatic heterocycles. The third-order valence-corrected chi connectivity index (χ3v) is 5.22. The molecule has 0 saturated heterocycles. The molecule has 2 aliphatic rings. The van der Waals surface area contributed by atoms with Gasteiger partial charge in [-0.15, -0.1) is 0 Å². The van der Waals surface area contributed by atoms with Crippen LogP contribution >= 0.6 is 0 Å². The van der Waals surface area contributed by atoms with Crippen LogP contribution in [0.3, 0.4) is 0 Å². The molecule has 1 unspecified atom stereocenters. The lowest BCUT2D eigenvalue weighted by Crippen LogP contribution is -2.53. The van der Waals surface area contributed by atoms with E-state index in [2.05, 4.69) is 0 Å². The average Bonchev–Trinajstić information content (AvgIpc) is 2.71. The number of allylic oxidation sites excluding steroid dienone is 1. The number of amides is 2. The summed E-state index contributed by atoms with van der Waals surface area (Å²) in [5.41, 5.74) is 0.335. The van der Waals surface area contributed by atoms with Crippen LogP contribution in [0.4, 0.5) is 0 Å². The van der Waals surface area contributed by atoms with Crippen LogP contribution in [0.15, 0.2) is 48.6 Å². The van der Waals surface area contributed by atoms with Gasteiger partial charge >= 0.3 is 0 Å². The fraction of sp³-hybridized carbons (Fsp3) is 0.190. The van der Waals surface area contributed by atoms with E-state index in [9.17, 15) is 14.4 Å². The number of rotatable bonds is 2. The van der Waals surface area contributed by atoms with E-state index in [4.69, 9.17) is 9.47 Å². The first-order chi connectivity index (χ1) is 13.0. The van der Waals surface area contributed by atoms with Crippen molar-refractivity contribution < 1.29 is 23.9 Å². The van der Waals surface area contributed by atoms with E-state index in [1.165, 1.54) is 27.3 Å². The number of hydrogen-bond donors (Lipinski definition) is 0. The molecular formula is C21H17NO5. The molecule has 6 heteroatoms. The Bertz CT molecular complexity index is 1040. The molecule has 136 valence electrons. The van der Waals surface area contributed by atoms with Crippen molar-refractivity contribution in [2.24, 2.45) is 0 Å². The lowest BCUT2D eigenvalue weighted by molar-refractivity contribution is -0.131. The summed E-state index contributed by atoms with van der Waals surface area (Å²) in [5.74, 6) is -0.346. The van der Waals surface area contributed by atoms with Gasteiger partial charge in [0, 0.05) is 23.7 Å². The number of likely N-dealkylation sites (N-methyl/N-ethyl adjacent to an activating group) is 1. The highest BCUT2D eigenvalue weighted by molar-refractivity contribution is 6.19. The third-order valence-electron chi connectivity index (χ3n) is 5.22. The maximum atomic E-state index is 13.5. The number of methoxy groups -OCH3 is 2. The van der Waals surface area contributed by atoms with E-state index in [1.807, 2.05) is 0 Å². The van der Waals surface area contributed by atoms with Crippen LogP contribution in [0, 0.1) is 0 Å². The minimum Gasteiger partial charge on any atom is -0.493 e. The summed E-state index contributed by atoms with van der Waals surface area (Å²) in [4.78, 5) is 39.8. The molecule has 27 heavy (non-hydrogen) atoms. The van der Waals surface area contributed by atoms with Gasteiger partial charge in [0.25, 0.3) is 5.91 Å². The van der Waals surface area contributed by atoms with E-state index in [1.54, 1.807) is 42.5 Å². The predicted octanol–water partition coefficient (Wildman–Crippen LogP) is 2.35. The van der Waals surface area contributed by atoms with Crippen LogP contribution in [0.2, 0.25) is 0 Å². The Morgan fingerprint density at radius 1 is 0.926 bits per heavy atom. The number of benzene rings is 2. The molecule has 4 rings (SSSR count). The molecule has 0 fully saturated rings. The molecular weight excluding hydrogens is 346 g/mol. The van der Waals surface area contributed by atoms with Crippen molar-refractivity contribution in [3.8, 4) is 11.5 Å². The molecule has 2 aromatic rings. The molecule has 1 spiro atoms. The van der Waals surface area contributed by atoms with Crippen molar-refractivity contribution in [3.63, 3.8) is 0 Å². The molecule has 1 heterocycles. The molecule has 2 amide bonds. The highest BCUT2D eigenvalue weighted by atomic mass is 16.5. The number of carbonyl (C=O) groups excluding carboxylic acids is 3. The molecule has 0 aromatic heterocycles. The minimum absolute atomic E-state index is 0.235. The molecule has 1 atom stereocenters. The molecule has 0 bridgehead atoms. The van der Waals surface area contributed by atoms with Gasteiger partial charge in [-0.1, -0.05) is 24.3 Å². The van der Waals surface area contributed by atoms with Crippen molar-refractivity contribution in [3.05, 3.63) is 70.8 Å². The number of nitrogens with zero attached hydrogens (tertiary/aromatic N) is 1. The fourth-order valence-electron chi connectivity index (χ4n) is 3.97. The largest absolute Gasteiger partial charge is 0.493 e. The topological polar surface area (TPSA) is 72.9 Å². The van der Waals surface area contributed by atoms with E-state index < -0.39 is 11.3 Å². The zero-order valence-corrected chi connectivity index (χ0v) is 15.1. The second kappa shape index (κ2) is 5.81. The molecule has 0 radical (unpaired) electrons. The van der Waals surface area contributed by atoms with Crippen molar-refractivity contribution >= 4 is 17.6 Å². The van der Waals surface area contributed by atoms with Crippen LogP contribution < -0.4 is 9.47 Å². The molecule has 0 saturated carbocycles. The number of carbonyl (C=O) groups is 3. The Morgan fingerprint density at radius 2 is 1.67 bits per heavy atom. The summed E-state index contributed by atoms with van der Waals surface area (Å²) in [7, 11) is 4.39. The summed E-state index contributed by atoms with van der Waals surface area (Å²) in [6.45, 7) is 0. The van der Waals surface area contributed by atoms with Gasteiger partial charge < -0.3 is 9.47 Å². The van der Waals surface area contributed by atoms with Crippen molar-refractivity contribution in [2.75, 3.05) is 21.3 Å². The Balaban J connectivity index is 2.18. The maximum absolute atomic E-state index is 13.5. The minimum atomic E-state index is -1.34. The van der Waals surface area contributed by atoms with Crippen LogP contribution in [-0.2, 0) is 10.2 Å². The number of fused-ring (bicyclic) bond motifs is 4. The zero-order valence-electron chi connectivity index (χ0n) is 15.1. The molecule has 6 nitrogen and oxygen atoms in total. The summed E-state index contributed by atoms with van der Waals surface area (Å²) in [5, 5.41) is 0. The SMILES string of the molecule is COc1ccc2c(c1OC)C1(C=CC2=O)C(=O)N(C)C(=O)c2ccccc21. The van der Waals surface area contributed by atoms with Crippen LogP contribution in [0.5, 0.6) is 11.5 Å². The quantitative estimate of drug-likeness (QED) is 0.766. The first kappa shape index (κ1) is 17.0. The van der Waals surface area contributed by atoms with Crippen LogP contribution in [-0.4, -0.2) is 43.8 Å². The second-order valence-corrected chi connectivity index (χ2v) is 6.44. The van der Waals surface area contributed by atoms with Gasteiger partial charge in [0.15, 0.2) is 17.3 Å². The Morgan fingerprint density at radius 3 is 2.37 bits per heavy atom. The number of ketones is 1. The predicted molar refractivity (Wildman–Crippen MR) is 97.3 cm³/mol. The van der Waals surface area contributed by atoms with E-state index in [0.717, 1.165) is 4.90 Å². The summed E-state index contributed by atoms with van der Waals surface area (Å²) in [6, 6.07) is 10.2. The number of ether oxygens (including phenoxy) is 2. The molecule has 2 aromatic carbocycles. The fourth-order valence-corrected chi connectivity index (χ4v) is 3.97. The van der Waals surface area contributed by atoms with Gasteiger partial charge in [0.1, 0.15) is 5.41 Å². The highest BCUT2D eigenvalue weighted by Crippen LogP contribution is 2.50. The van der Waals surface area contributed by atoms with Gasteiger partial charge in [-0.3, -0.25) is 19.3 Å². The lowest BCUT2D eigenvalue weighted by Gasteiger charge is -2.41. The normalized spacial score (nSPS) is 20.6. The standard InChI is InChI=1S/C21H17NO5/c1-22-19(24)12-6-4-5-7-14(12)21(20(22)25)11-10-15(23)13-8-9-16(26-2)18(27-3)17(13)21/h4-11H,1-3H3. The highest BCUT2D eigenvalue weighted by Gasteiger charge is 2.53. The van der Waals surface area contributed by atoms with Crippen molar-refractivity contribution in [1.82, 2.24) is 4.90 Å². The second-order valence-electron chi connectivity index (χ2n) is 6.44. The maximum Gasteiger partial charge on any atom is 0.260 e. The van der Waals surface area contributed by atoms with Crippen molar-refractivity contribution in [2.45, 2.75) is 5.41 Å². The van der Waals surface area contributed by atoms with Gasteiger partial charge in [-0.05, 0) is 29.8 Å². The lowest BCUT2D eigenvalue weighted by atomic mass is 9.65. The van der Waals surface area contributed by atoms with E-state index in [-0.39, 0.29) is 11.7 Å². The number of hydrogen-bond acceptors (Lipinski definition) is 5. The third kappa shape index (κ3) is 2.04. The van der Waals surface area contributed by atoms with Gasteiger partial charge in [0.2, 0.25) is 5.91 Å². The van der Waals surface area contributed by atoms with Crippen LogP contribution in [0.1, 0.15) is 31.8 Å². The van der Waals surface area contributed by atoms with Gasteiger partial charge in [-0.25, -0.2) is 0 Å². The van der Waals surface area contributed by atoms with Crippen molar-refractivity contribution in [1.29, 1.82) is 0 Å². The Kier molecular flexibility index (Phi) is 3.66. The van der Waals surface area contributed by atoms with Gasteiger partial charge in [-0.2, -0.15) is 0 Å². The average molecular weight is 363 g/mol. The Hall–Kier alpha value is -3.41. The van der Waals surface area contributed by atoms with E-state index in [0.29, 0.717) is 33.8 Å². The van der Waals surface area contributed by atoms with E-state index >= 15 is 0 Å². The smallest absolute Gasteiger partial charge is 0.260 e.